The van der Waals surface area contributed by atoms with Crippen LogP contribution in [0.15, 0.2) is 115 Å². The van der Waals surface area contributed by atoms with Crippen molar-refractivity contribution in [1.29, 1.82) is 0 Å². The molecule has 5 aromatic rings. The summed E-state index contributed by atoms with van der Waals surface area (Å²) in [7, 11) is 0. The van der Waals surface area contributed by atoms with E-state index in [0.717, 1.165) is 40.0 Å². The third-order valence-corrected chi connectivity index (χ3v) is 6.35. The van der Waals surface area contributed by atoms with Crippen LogP contribution in [-0.4, -0.2) is 0 Å². The normalized spacial score (nSPS) is 15.6. The molecule has 0 aromatic heterocycles. The molecule has 0 atom stereocenters. The maximum absolute atomic E-state index is 14.3. The molecular weight excluding hydrogens is 466 g/mol. The Morgan fingerprint density at radius 3 is 1.78 bits per heavy atom. The molecule has 0 unspecified atom stereocenters. The Balaban J connectivity index is 1.59. The standard InChI is InChI=1S/C30H19F4NO/c31-29(32)26-16-15-20(18-27(26)30(33,34)36-29)22-17-21-9-7-8-14-25(21)28(19-22)35(23-10-3-1-4-11-23)24-12-5-2-6-13-24/h1-19H. The minimum absolute atomic E-state index is 0.391. The van der Waals surface area contributed by atoms with Crippen LogP contribution in [0.4, 0.5) is 34.6 Å². The largest absolute Gasteiger partial charge is 0.388 e. The maximum Gasteiger partial charge on any atom is 0.388 e. The predicted octanol–water partition coefficient (Wildman–Crippen LogP) is 9.11. The first-order valence-electron chi connectivity index (χ1n) is 11.4. The lowest BCUT2D eigenvalue weighted by atomic mass is 9.95. The number of hydrogen-bond donors (Lipinski definition) is 0. The zero-order chi connectivity index (χ0) is 24.9. The number of para-hydroxylation sites is 2. The molecule has 0 bridgehead atoms. The van der Waals surface area contributed by atoms with Gasteiger partial charge >= 0.3 is 12.2 Å². The van der Waals surface area contributed by atoms with Gasteiger partial charge in [0.05, 0.1) is 16.8 Å². The van der Waals surface area contributed by atoms with Gasteiger partial charge in [0.1, 0.15) is 0 Å². The van der Waals surface area contributed by atoms with Gasteiger partial charge in [-0.2, -0.15) is 17.6 Å². The van der Waals surface area contributed by atoms with E-state index in [2.05, 4.69) is 9.64 Å². The molecular formula is C30H19F4NO. The number of anilines is 3. The number of alkyl halides is 4. The van der Waals surface area contributed by atoms with Crippen LogP contribution in [0.3, 0.4) is 0 Å². The van der Waals surface area contributed by atoms with Crippen molar-refractivity contribution in [2.75, 3.05) is 4.90 Å². The summed E-state index contributed by atoms with van der Waals surface area (Å²) in [5, 5.41) is 1.84. The molecule has 0 saturated heterocycles. The molecule has 6 heteroatoms. The van der Waals surface area contributed by atoms with Crippen molar-refractivity contribution < 1.29 is 22.3 Å². The van der Waals surface area contributed by atoms with Gasteiger partial charge < -0.3 is 4.90 Å². The minimum Gasteiger partial charge on any atom is -0.310 e. The summed E-state index contributed by atoms with van der Waals surface area (Å²) in [5.41, 5.74) is 2.04. The maximum atomic E-state index is 14.3. The molecule has 1 aliphatic heterocycles. The molecule has 2 nitrogen and oxygen atoms in total. The van der Waals surface area contributed by atoms with Crippen LogP contribution in [0.2, 0.25) is 0 Å². The van der Waals surface area contributed by atoms with E-state index in [1.807, 2.05) is 97.1 Å². The van der Waals surface area contributed by atoms with Crippen molar-refractivity contribution in [3.05, 3.63) is 126 Å². The van der Waals surface area contributed by atoms with Crippen molar-refractivity contribution in [3.8, 4) is 11.1 Å². The van der Waals surface area contributed by atoms with E-state index in [1.54, 1.807) is 0 Å². The van der Waals surface area contributed by atoms with Crippen LogP contribution in [-0.2, 0) is 17.0 Å². The first-order valence-corrected chi connectivity index (χ1v) is 11.4. The molecule has 1 aliphatic rings. The van der Waals surface area contributed by atoms with E-state index in [0.29, 0.717) is 11.1 Å². The van der Waals surface area contributed by atoms with Crippen LogP contribution >= 0.6 is 0 Å². The molecule has 0 radical (unpaired) electrons. The molecule has 0 saturated carbocycles. The highest BCUT2D eigenvalue weighted by Gasteiger charge is 2.57. The molecule has 36 heavy (non-hydrogen) atoms. The lowest BCUT2D eigenvalue weighted by molar-refractivity contribution is -0.369. The van der Waals surface area contributed by atoms with Crippen LogP contribution < -0.4 is 4.90 Å². The first-order chi connectivity index (χ1) is 17.3. The summed E-state index contributed by atoms with van der Waals surface area (Å²) >= 11 is 0. The van der Waals surface area contributed by atoms with Gasteiger partial charge in [0.25, 0.3) is 0 Å². The molecule has 0 fully saturated rings. The molecule has 0 N–H and O–H groups in total. The summed E-state index contributed by atoms with van der Waals surface area (Å²) < 4.78 is 60.4. The third-order valence-electron chi connectivity index (χ3n) is 6.35. The van der Waals surface area contributed by atoms with Crippen LogP contribution in [0.25, 0.3) is 21.9 Å². The second-order valence-corrected chi connectivity index (χ2v) is 8.62. The number of rotatable bonds is 4. The van der Waals surface area contributed by atoms with E-state index >= 15 is 0 Å². The number of nitrogens with zero attached hydrogens (tertiary/aromatic N) is 1. The first kappa shape index (κ1) is 22.3. The van der Waals surface area contributed by atoms with Crippen molar-refractivity contribution >= 4 is 27.8 Å². The molecule has 0 amide bonds. The number of fused-ring (bicyclic) bond motifs is 2. The molecule has 0 aliphatic carbocycles. The lowest BCUT2D eigenvalue weighted by Crippen LogP contribution is -2.17. The van der Waals surface area contributed by atoms with Crippen LogP contribution in [0.1, 0.15) is 11.1 Å². The smallest absolute Gasteiger partial charge is 0.310 e. The zero-order valence-corrected chi connectivity index (χ0v) is 18.8. The quantitative estimate of drug-likeness (QED) is 0.235. The minimum atomic E-state index is -4.07. The monoisotopic (exact) mass is 485 g/mol. The average Bonchev–Trinajstić information content (AvgIpc) is 3.08. The Morgan fingerprint density at radius 2 is 1.11 bits per heavy atom. The summed E-state index contributed by atoms with van der Waals surface area (Å²) in [4.78, 5) is 2.09. The number of benzene rings is 5. The highest BCUT2D eigenvalue weighted by molar-refractivity contribution is 6.02. The Kier molecular flexibility index (Phi) is 5.09. The van der Waals surface area contributed by atoms with E-state index in [-0.39, 0.29) is 0 Å². The highest BCUT2D eigenvalue weighted by Crippen LogP contribution is 2.52. The van der Waals surface area contributed by atoms with Gasteiger partial charge in [-0.1, -0.05) is 66.7 Å². The van der Waals surface area contributed by atoms with Crippen LogP contribution in [0, 0.1) is 0 Å². The fourth-order valence-corrected chi connectivity index (χ4v) is 4.71. The van der Waals surface area contributed by atoms with E-state index in [4.69, 9.17) is 0 Å². The number of halogens is 4. The second kappa shape index (κ2) is 8.21. The topological polar surface area (TPSA) is 12.5 Å². The van der Waals surface area contributed by atoms with Gasteiger partial charge in [-0.05, 0) is 65.0 Å². The summed E-state index contributed by atoms with van der Waals surface area (Å²) in [6, 6.07) is 34.7. The Hall–Kier alpha value is -4.16. The zero-order valence-electron chi connectivity index (χ0n) is 18.8. The van der Waals surface area contributed by atoms with E-state index in [9.17, 15) is 17.6 Å². The van der Waals surface area contributed by atoms with Gasteiger partial charge in [-0.3, -0.25) is 0 Å². The summed E-state index contributed by atoms with van der Waals surface area (Å²) in [6.07, 6.45) is -8.11. The molecule has 0 spiro atoms. The third kappa shape index (κ3) is 3.71. The summed E-state index contributed by atoms with van der Waals surface area (Å²) in [5.74, 6) is 0. The molecule has 5 aromatic carbocycles. The lowest BCUT2D eigenvalue weighted by Gasteiger charge is -2.27. The Bertz CT molecular complexity index is 1530. The Labute approximate surface area is 205 Å². The number of ether oxygens (including phenoxy) is 1. The molecule has 178 valence electrons. The number of hydrogen-bond acceptors (Lipinski definition) is 2. The van der Waals surface area contributed by atoms with Crippen molar-refractivity contribution in [3.63, 3.8) is 0 Å². The SMILES string of the molecule is FC1(F)OC(F)(F)c2cc(-c3cc(N(c4ccccc4)c4ccccc4)c4ccccc4c3)ccc21. The van der Waals surface area contributed by atoms with Gasteiger partial charge in [-0.15, -0.1) is 0 Å². The summed E-state index contributed by atoms with van der Waals surface area (Å²) in [6.45, 7) is 0. The molecule has 6 rings (SSSR count). The van der Waals surface area contributed by atoms with Gasteiger partial charge in [0.15, 0.2) is 0 Å². The van der Waals surface area contributed by atoms with Gasteiger partial charge in [0.2, 0.25) is 0 Å². The average molecular weight is 485 g/mol. The van der Waals surface area contributed by atoms with E-state index < -0.39 is 23.3 Å². The van der Waals surface area contributed by atoms with Crippen molar-refractivity contribution in [1.82, 2.24) is 0 Å². The Morgan fingerprint density at radius 1 is 0.528 bits per heavy atom. The van der Waals surface area contributed by atoms with Gasteiger partial charge in [-0.25, -0.2) is 4.74 Å². The second-order valence-electron chi connectivity index (χ2n) is 8.62. The van der Waals surface area contributed by atoms with Crippen molar-refractivity contribution in [2.24, 2.45) is 0 Å². The highest BCUT2D eigenvalue weighted by atomic mass is 19.3. The van der Waals surface area contributed by atoms with Gasteiger partial charge in [0, 0.05) is 16.8 Å². The molecule has 1 heterocycles. The fourth-order valence-electron chi connectivity index (χ4n) is 4.71. The fraction of sp³-hybridized carbons (Fsp3) is 0.0667. The predicted molar refractivity (Wildman–Crippen MR) is 133 cm³/mol. The van der Waals surface area contributed by atoms with Crippen molar-refractivity contribution in [2.45, 2.75) is 12.2 Å². The van der Waals surface area contributed by atoms with Crippen LogP contribution in [0.5, 0.6) is 0 Å². The van der Waals surface area contributed by atoms with E-state index in [1.165, 1.54) is 6.07 Å².